The van der Waals surface area contributed by atoms with Crippen LogP contribution in [0.15, 0.2) is 65.4 Å². The quantitative estimate of drug-likeness (QED) is 0.702. The average Bonchev–Trinajstić information content (AvgIpc) is 2.68. The van der Waals surface area contributed by atoms with Gasteiger partial charge in [-0.2, -0.15) is 0 Å². The predicted molar refractivity (Wildman–Crippen MR) is 100 cm³/mol. The summed E-state index contributed by atoms with van der Waals surface area (Å²) >= 11 is 0. The Morgan fingerprint density at radius 1 is 1.23 bits per heavy atom. The maximum absolute atomic E-state index is 12.4. The summed E-state index contributed by atoms with van der Waals surface area (Å²) in [7, 11) is 0. The van der Waals surface area contributed by atoms with E-state index < -0.39 is 0 Å². The van der Waals surface area contributed by atoms with Crippen molar-refractivity contribution in [3.63, 3.8) is 0 Å². The van der Waals surface area contributed by atoms with E-state index in [1.165, 1.54) is 0 Å². The molecule has 0 aromatic heterocycles. The Hall–Kier alpha value is -3.08. The number of nitrogens with one attached hydrogen (secondary N) is 2. The van der Waals surface area contributed by atoms with Crippen LogP contribution in [-0.2, 0) is 4.79 Å². The number of nitrogens with zero attached hydrogens (tertiary/aromatic N) is 2. The number of allylic oxidation sites excluding steroid dienone is 2. The molecule has 132 valence electrons. The highest BCUT2D eigenvalue weighted by Crippen LogP contribution is 2.30. The Morgan fingerprint density at radius 2 is 2.19 bits per heavy atom. The topological polar surface area (TPSA) is 66.0 Å². The van der Waals surface area contributed by atoms with Crippen LogP contribution in [-0.4, -0.2) is 42.8 Å². The van der Waals surface area contributed by atoms with Gasteiger partial charge in [0.1, 0.15) is 23.9 Å². The largest absolute Gasteiger partial charge is 0.492 e. The van der Waals surface area contributed by atoms with Gasteiger partial charge in [0.25, 0.3) is 5.91 Å². The molecule has 0 aliphatic carbocycles. The third kappa shape index (κ3) is 3.47. The lowest BCUT2D eigenvalue weighted by Crippen LogP contribution is -2.34. The highest BCUT2D eigenvalue weighted by molar-refractivity contribution is 6.43. The Morgan fingerprint density at radius 3 is 3.15 bits per heavy atom. The van der Waals surface area contributed by atoms with Crippen LogP contribution in [0.25, 0.3) is 5.57 Å². The first kappa shape index (κ1) is 16.4. The molecule has 0 unspecified atom stereocenters. The van der Waals surface area contributed by atoms with E-state index in [0.717, 1.165) is 36.4 Å². The summed E-state index contributed by atoms with van der Waals surface area (Å²) in [6.07, 6.45) is 8.10. The molecule has 6 nitrogen and oxygen atoms in total. The Kier molecular flexibility index (Phi) is 4.69. The summed E-state index contributed by atoms with van der Waals surface area (Å²) in [6, 6.07) is 7.90. The van der Waals surface area contributed by atoms with E-state index in [2.05, 4.69) is 21.4 Å². The van der Waals surface area contributed by atoms with Crippen molar-refractivity contribution >= 4 is 17.2 Å². The molecule has 0 spiro atoms. The van der Waals surface area contributed by atoms with Crippen molar-refractivity contribution in [3.8, 4) is 5.75 Å². The van der Waals surface area contributed by atoms with E-state index in [1.54, 1.807) is 12.3 Å². The van der Waals surface area contributed by atoms with Gasteiger partial charge in [0.05, 0.1) is 6.20 Å². The highest BCUT2D eigenvalue weighted by Gasteiger charge is 2.21. The number of fused-ring (bicyclic) bond motifs is 3. The van der Waals surface area contributed by atoms with Crippen LogP contribution in [0.1, 0.15) is 12.0 Å². The van der Waals surface area contributed by atoms with Crippen LogP contribution in [0, 0.1) is 0 Å². The molecule has 26 heavy (non-hydrogen) atoms. The number of carbonyl (C=O) groups excluding carboxylic acids is 1. The SMILES string of the molecule is O=C1NCCCNCCOc2cccc(c2)C2=C3N=C1C=CN3C=C=C2. The normalized spacial score (nSPS) is 19.8. The summed E-state index contributed by atoms with van der Waals surface area (Å²) in [5.74, 6) is 1.37. The highest BCUT2D eigenvalue weighted by atomic mass is 16.5. The van der Waals surface area contributed by atoms with Crippen LogP contribution >= 0.6 is 0 Å². The lowest BCUT2D eigenvalue weighted by molar-refractivity contribution is -0.114. The second kappa shape index (κ2) is 7.44. The molecule has 0 atom stereocenters. The van der Waals surface area contributed by atoms with E-state index in [-0.39, 0.29) is 5.91 Å². The summed E-state index contributed by atoms with van der Waals surface area (Å²) in [5, 5.41) is 6.23. The van der Waals surface area contributed by atoms with Crippen molar-refractivity contribution in [1.82, 2.24) is 15.5 Å². The molecule has 3 heterocycles. The molecular weight excluding hydrogens is 328 g/mol. The number of rotatable bonds is 0. The smallest absolute Gasteiger partial charge is 0.270 e. The lowest BCUT2D eigenvalue weighted by atomic mass is 10.0. The molecular formula is C20H20N4O2. The monoisotopic (exact) mass is 348 g/mol. The molecule has 3 aliphatic heterocycles. The maximum atomic E-state index is 12.4. The number of hydrogen-bond donors (Lipinski definition) is 2. The summed E-state index contributed by atoms with van der Waals surface area (Å²) < 4.78 is 5.85. The van der Waals surface area contributed by atoms with Crippen LogP contribution in [0.4, 0.5) is 0 Å². The minimum atomic E-state index is -0.157. The number of hydrogen-bond acceptors (Lipinski definition) is 5. The van der Waals surface area contributed by atoms with E-state index in [4.69, 9.17) is 4.74 Å². The van der Waals surface area contributed by atoms with Gasteiger partial charge in [-0.25, -0.2) is 4.99 Å². The standard InChI is InChI=1S/C20H20N4O2/c25-20-18-7-12-24-11-2-6-17(19(24)23-18)15-4-1-5-16(14-15)26-13-10-21-8-3-9-22-20/h1,4-7,11-12,14,21H,3,8-10,13H2,(H,22,25). The molecule has 3 aliphatic rings. The molecule has 2 N–H and O–H groups in total. The summed E-state index contributed by atoms with van der Waals surface area (Å²) in [5.41, 5.74) is 5.41. The molecule has 0 fully saturated rings. The molecule has 4 bridgehead atoms. The van der Waals surface area contributed by atoms with E-state index in [1.807, 2.05) is 41.4 Å². The Labute approximate surface area is 152 Å². The van der Waals surface area contributed by atoms with Gasteiger partial charge in [-0.05, 0) is 42.8 Å². The third-order valence-corrected chi connectivity index (χ3v) is 4.29. The minimum absolute atomic E-state index is 0.157. The molecule has 1 aromatic rings. The van der Waals surface area contributed by atoms with Gasteiger partial charge >= 0.3 is 0 Å². The average molecular weight is 348 g/mol. The number of ether oxygens (including phenoxy) is 1. The van der Waals surface area contributed by atoms with Crippen LogP contribution in [0.2, 0.25) is 0 Å². The van der Waals surface area contributed by atoms with Gasteiger partial charge in [0, 0.05) is 24.9 Å². The second-order valence-electron chi connectivity index (χ2n) is 6.13. The van der Waals surface area contributed by atoms with Crippen LogP contribution in [0.5, 0.6) is 5.75 Å². The van der Waals surface area contributed by atoms with E-state index >= 15 is 0 Å². The van der Waals surface area contributed by atoms with Crippen molar-refractivity contribution in [2.24, 2.45) is 4.99 Å². The van der Waals surface area contributed by atoms with Gasteiger partial charge in [-0.1, -0.05) is 12.1 Å². The van der Waals surface area contributed by atoms with Crippen LogP contribution < -0.4 is 15.4 Å². The van der Waals surface area contributed by atoms with Crippen LogP contribution in [0.3, 0.4) is 0 Å². The van der Waals surface area contributed by atoms with Gasteiger partial charge < -0.3 is 20.3 Å². The molecule has 1 amide bonds. The van der Waals surface area contributed by atoms with Gasteiger partial charge in [0.15, 0.2) is 0 Å². The zero-order valence-electron chi connectivity index (χ0n) is 14.4. The third-order valence-electron chi connectivity index (χ3n) is 4.29. The molecule has 0 radical (unpaired) electrons. The number of benzene rings is 1. The van der Waals surface area contributed by atoms with E-state index in [0.29, 0.717) is 24.7 Å². The van der Waals surface area contributed by atoms with Crippen molar-refractivity contribution < 1.29 is 9.53 Å². The number of amides is 1. The predicted octanol–water partition coefficient (Wildman–Crippen LogP) is 1.80. The molecule has 0 saturated heterocycles. The lowest BCUT2D eigenvalue weighted by Gasteiger charge is -2.24. The fourth-order valence-corrected chi connectivity index (χ4v) is 2.96. The minimum Gasteiger partial charge on any atom is -0.492 e. The fourth-order valence-electron chi connectivity index (χ4n) is 2.96. The van der Waals surface area contributed by atoms with Crippen molar-refractivity contribution in [2.45, 2.75) is 6.42 Å². The summed E-state index contributed by atoms with van der Waals surface area (Å²) in [4.78, 5) is 18.9. The first-order chi connectivity index (χ1) is 12.8. The molecule has 0 saturated carbocycles. The first-order valence-electron chi connectivity index (χ1n) is 8.75. The molecule has 1 aromatic carbocycles. The zero-order chi connectivity index (χ0) is 17.8. The Balaban J connectivity index is 1.75. The number of carbonyl (C=O) groups is 1. The molecule has 4 rings (SSSR count). The van der Waals surface area contributed by atoms with Gasteiger partial charge in [-0.15, -0.1) is 5.73 Å². The number of aliphatic imine (C=N–C) groups is 1. The molecule has 6 heteroatoms. The van der Waals surface area contributed by atoms with E-state index in [9.17, 15) is 4.79 Å². The maximum Gasteiger partial charge on any atom is 0.270 e. The van der Waals surface area contributed by atoms with Crippen molar-refractivity contribution in [2.75, 3.05) is 26.2 Å². The fraction of sp³-hybridized carbons (Fsp3) is 0.250. The van der Waals surface area contributed by atoms with Gasteiger partial charge in [-0.3, -0.25) is 4.79 Å². The summed E-state index contributed by atoms with van der Waals surface area (Å²) in [6.45, 7) is 2.78. The van der Waals surface area contributed by atoms with Gasteiger partial charge in [0.2, 0.25) is 0 Å². The van der Waals surface area contributed by atoms with Crippen molar-refractivity contribution in [1.29, 1.82) is 0 Å². The zero-order valence-corrected chi connectivity index (χ0v) is 14.4. The van der Waals surface area contributed by atoms with Crippen molar-refractivity contribution in [3.05, 3.63) is 65.9 Å². The Bertz CT molecular complexity index is 876. The second-order valence-corrected chi connectivity index (χ2v) is 6.13. The first-order valence-corrected chi connectivity index (χ1v) is 8.75.